The van der Waals surface area contributed by atoms with Gasteiger partial charge in [0.2, 0.25) is 5.91 Å². The zero-order valence-electron chi connectivity index (χ0n) is 20.8. The normalized spacial score (nSPS) is 15.0. The molecule has 184 valence electrons. The number of nitrogens with zero attached hydrogens (tertiary/aromatic N) is 3. The molecule has 2 heterocycles. The van der Waals surface area contributed by atoms with E-state index in [-0.39, 0.29) is 30.3 Å². The van der Waals surface area contributed by atoms with E-state index in [9.17, 15) is 9.59 Å². The third-order valence-corrected chi connectivity index (χ3v) is 6.28. The van der Waals surface area contributed by atoms with Crippen molar-refractivity contribution in [3.05, 3.63) is 83.7 Å². The molecule has 2 aromatic carbocycles. The standard InChI is InChI=1S/C28H33N3O4/c1-20(2)18-30(28(33)22-9-6-11-24(17-22)35-4)19-26(32)31-15-14-29-13-7-12-25(29)27(31)21-8-5-10-23(16-21)34-3/h5-13,16-17,20,27H,14-15,18-19H2,1-4H3. The largest absolute Gasteiger partial charge is 0.497 e. The van der Waals surface area contributed by atoms with Gasteiger partial charge >= 0.3 is 0 Å². The molecule has 1 atom stereocenters. The van der Waals surface area contributed by atoms with E-state index in [4.69, 9.17) is 9.47 Å². The Bertz CT molecular complexity index is 1190. The van der Waals surface area contributed by atoms with Crippen LogP contribution >= 0.6 is 0 Å². The van der Waals surface area contributed by atoms with Gasteiger partial charge in [0, 0.05) is 37.1 Å². The Kier molecular flexibility index (Phi) is 7.44. The van der Waals surface area contributed by atoms with Crippen molar-refractivity contribution in [3.8, 4) is 11.5 Å². The molecule has 2 amide bonds. The van der Waals surface area contributed by atoms with E-state index in [1.54, 1.807) is 43.4 Å². The molecule has 1 aliphatic heterocycles. The molecule has 1 aromatic heterocycles. The topological polar surface area (TPSA) is 64.0 Å². The molecule has 0 N–H and O–H groups in total. The Balaban J connectivity index is 1.63. The first-order chi connectivity index (χ1) is 16.9. The van der Waals surface area contributed by atoms with E-state index in [0.717, 1.165) is 17.0 Å². The number of carbonyl (C=O) groups excluding carboxylic acids is 2. The third-order valence-electron chi connectivity index (χ3n) is 6.28. The van der Waals surface area contributed by atoms with E-state index in [2.05, 4.69) is 10.6 Å². The molecule has 4 rings (SSSR count). The summed E-state index contributed by atoms with van der Waals surface area (Å²) in [5.74, 6) is 1.31. The van der Waals surface area contributed by atoms with Crippen LogP contribution in [0.4, 0.5) is 0 Å². The maximum absolute atomic E-state index is 13.8. The van der Waals surface area contributed by atoms with Crippen LogP contribution in [-0.4, -0.2) is 60.0 Å². The average Bonchev–Trinajstić information content (AvgIpc) is 3.36. The van der Waals surface area contributed by atoms with E-state index in [1.165, 1.54) is 0 Å². The van der Waals surface area contributed by atoms with Crippen molar-refractivity contribution >= 4 is 11.8 Å². The molecule has 0 radical (unpaired) electrons. The molecule has 0 aliphatic carbocycles. The van der Waals surface area contributed by atoms with Gasteiger partial charge in [0.1, 0.15) is 18.0 Å². The predicted molar refractivity (Wildman–Crippen MR) is 135 cm³/mol. The highest BCUT2D eigenvalue weighted by Gasteiger charge is 2.34. The Morgan fingerprint density at radius 1 is 0.971 bits per heavy atom. The number of methoxy groups -OCH3 is 2. The molecular weight excluding hydrogens is 442 g/mol. The van der Waals surface area contributed by atoms with Crippen LogP contribution in [0.1, 0.15) is 41.5 Å². The summed E-state index contributed by atoms with van der Waals surface area (Å²) < 4.78 is 12.9. The smallest absolute Gasteiger partial charge is 0.254 e. The van der Waals surface area contributed by atoms with E-state index < -0.39 is 0 Å². The molecule has 0 bridgehead atoms. The molecule has 35 heavy (non-hydrogen) atoms. The average molecular weight is 476 g/mol. The number of amides is 2. The van der Waals surface area contributed by atoms with Crippen LogP contribution in [-0.2, 0) is 11.3 Å². The van der Waals surface area contributed by atoms with Crippen LogP contribution in [0.2, 0.25) is 0 Å². The van der Waals surface area contributed by atoms with Gasteiger partial charge in [-0.25, -0.2) is 0 Å². The monoisotopic (exact) mass is 475 g/mol. The van der Waals surface area contributed by atoms with Gasteiger partial charge in [-0.2, -0.15) is 0 Å². The molecule has 7 nitrogen and oxygen atoms in total. The summed E-state index contributed by atoms with van der Waals surface area (Å²) in [6.07, 6.45) is 2.04. The number of fused-ring (bicyclic) bond motifs is 1. The molecule has 0 saturated heterocycles. The van der Waals surface area contributed by atoms with E-state index >= 15 is 0 Å². The number of ether oxygens (including phenoxy) is 2. The second kappa shape index (κ2) is 10.7. The predicted octanol–water partition coefficient (Wildman–Crippen LogP) is 4.24. The van der Waals surface area contributed by atoms with Crippen LogP contribution in [0.3, 0.4) is 0 Å². The fourth-order valence-corrected chi connectivity index (χ4v) is 4.67. The summed E-state index contributed by atoms with van der Waals surface area (Å²) in [7, 11) is 3.21. The first kappa shape index (κ1) is 24.4. The molecule has 3 aromatic rings. The fourth-order valence-electron chi connectivity index (χ4n) is 4.67. The highest BCUT2D eigenvalue weighted by Crippen LogP contribution is 2.34. The second-order valence-corrected chi connectivity index (χ2v) is 9.20. The van der Waals surface area contributed by atoms with Crippen LogP contribution in [0.15, 0.2) is 66.9 Å². The number of aromatic nitrogens is 1. The van der Waals surface area contributed by atoms with Crippen LogP contribution in [0, 0.1) is 5.92 Å². The van der Waals surface area contributed by atoms with Crippen molar-refractivity contribution in [2.75, 3.05) is 33.9 Å². The van der Waals surface area contributed by atoms with Gasteiger partial charge in [-0.1, -0.05) is 32.0 Å². The molecule has 1 aliphatic rings. The number of hydrogen-bond donors (Lipinski definition) is 0. The number of hydrogen-bond acceptors (Lipinski definition) is 4. The van der Waals surface area contributed by atoms with E-state index in [0.29, 0.717) is 30.9 Å². The highest BCUT2D eigenvalue weighted by molar-refractivity contribution is 5.97. The van der Waals surface area contributed by atoms with Gasteiger partial charge < -0.3 is 23.8 Å². The van der Waals surface area contributed by atoms with Gasteiger partial charge in [0.05, 0.1) is 20.3 Å². The molecule has 0 fully saturated rings. The van der Waals surface area contributed by atoms with Gasteiger partial charge in [-0.15, -0.1) is 0 Å². The van der Waals surface area contributed by atoms with Gasteiger partial charge in [0.15, 0.2) is 0 Å². The van der Waals surface area contributed by atoms with Crippen molar-refractivity contribution in [3.63, 3.8) is 0 Å². The molecular formula is C28H33N3O4. The second-order valence-electron chi connectivity index (χ2n) is 9.20. The van der Waals surface area contributed by atoms with Crippen molar-refractivity contribution in [1.29, 1.82) is 0 Å². The quantitative estimate of drug-likeness (QED) is 0.489. The lowest BCUT2D eigenvalue weighted by atomic mass is 9.99. The summed E-state index contributed by atoms with van der Waals surface area (Å²) >= 11 is 0. The van der Waals surface area contributed by atoms with Crippen molar-refractivity contribution in [2.45, 2.75) is 26.4 Å². The van der Waals surface area contributed by atoms with E-state index in [1.807, 2.05) is 55.3 Å². The third kappa shape index (κ3) is 5.34. The lowest BCUT2D eigenvalue weighted by Gasteiger charge is -2.38. The molecule has 0 saturated carbocycles. The minimum atomic E-state index is -0.255. The summed E-state index contributed by atoms with van der Waals surface area (Å²) in [5.41, 5.74) is 2.54. The van der Waals surface area contributed by atoms with Gasteiger partial charge in [0.25, 0.3) is 5.91 Å². The number of benzene rings is 2. The number of rotatable bonds is 8. The Morgan fingerprint density at radius 3 is 2.40 bits per heavy atom. The molecule has 1 unspecified atom stereocenters. The zero-order valence-corrected chi connectivity index (χ0v) is 20.8. The summed E-state index contributed by atoms with van der Waals surface area (Å²) in [6, 6.07) is 18.7. The Morgan fingerprint density at radius 2 is 1.69 bits per heavy atom. The maximum atomic E-state index is 13.8. The van der Waals surface area contributed by atoms with Crippen LogP contribution in [0.5, 0.6) is 11.5 Å². The summed E-state index contributed by atoms with van der Waals surface area (Å²) in [5, 5.41) is 0. The molecule has 0 spiro atoms. The van der Waals surface area contributed by atoms with Gasteiger partial charge in [-0.05, 0) is 53.9 Å². The minimum absolute atomic E-state index is 0.00933. The van der Waals surface area contributed by atoms with Crippen LogP contribution in [0.25, 0.3) is 0 Å². The Labute approximate surface area is 206 Å². The zero-order chi connectivity index (χ0) is 24.9. The number of carbonyl (C=O) groups is 2. The maximum Gasteiger partial charge on any atom is 0.254 e. The summed E-state index contributed by atoms with van der Waals surface area (Å²) in [6.45, 7) is 5.85. The van der Waals surface area contributed by atoms with Crippen molar-refractivity contribution < 1.29 is 19.1 Å². The molecule has 7 heteroatoms. The first-order valence-corrected chi connectivity index (χ1v) is 11.9. The first-order valence-electron chi connectivity index (χ1n) is 11.9. The van der Waals surface area contributed by atoms with Crippen LogP contribution < -0.4 is 9.47 Å². The van der Waals surface area contributed by atoms with Gasteiger partial charge in [-0.3, -0.25) is 9.59 Å². The summed E-state index contributed by atoms with van der Waals surface area (Å²) in [4.78, 5) is 30.8. The lowest BCUT2D eigenvalue weighted by Crippen LogP contribution is -2.48. The minimum Gasteiger partial charge on any atom is -0.497 e. The van der Waals surface area contributed by atoms with Crippen molar-refractivity contribution in [1.82, 2.24) is 14.4 Å². The van der Waals surface area contributed by atoms with Crippen molar-refractivity contribution in [2.24, 2.45) is 5.92 Å². The lowest BCUT2D eigenvalue weighted by molar-refractivity contribution is -0.134. The highest BCUT2D eigenvalue weighted by atomic mass is 16.5. The fraction of sp³-hybridized carbons (Fsp3) is 0.357. The Hall–Kier alpha value is -3.74. The SMILES string of the molecule is COc1cccc(C(=O)N(CC(=O)N2CCn3cccc3C2c2cccc(OC)c2)CC(C)C)c1.